The molecule has 0 spiro atoms. The monoisotopic (exact) mass is 405 g/mol. The average Bonchev–Trinajstić information content (AvgIpc) is 3.34. The molecule has 1 saturated heterocycles. The fourth-order valence-electron chi connectivity index (χ4n) is 3.39. The van der Waals surface area contributed by atoms with Crippen molar-refractivity contribution >= 4 is 22.7 Å². The summed E-state index contributed by atoms with van der Waals surface area (Å²) in [5.74, 6) is 0.816. The Bertz CT molecular complexity index is 1030. The lowest BCUT2D eigenvalue weighted by Gasteiger charge is -2.18. The second-order valence-electron chi connectivity index (χ2n) is 6.80. The van der Waals surface area contributed by atoms with E-state index in [1.807, 2.05) is 17.0 Å². The van der Waals surface area contributed by atoms with Crippen LogP contribution in [0.5, 0.6) is 5.75 Å². The first kappa shape index (κ1) is 19.1. The minimum absolute atomic E-state index is 0.165. The summed E-state index contributed by atoms with van der Waals surface area (Å²) < 4.78 is 48.9. The summed E-state index contributed by atoms with van der Waals surface area (Å²) in [7, 11) is 1.53. The number of nitrogens with zero attached hydrogens (tertiary/aromatic N) is 2. The lowest BCUT2D eigenvalue weighted by atomic mass is 10.2. The van der Waals surface area contributed by atoms with Crippen LogP contribution in [0.15, 0.2) is 47.0 Å². The molecule has 0 unspecified atom stereocenters. The molecule has 1 aliphatic heterocycles. The predicted molar refractivity (Wildman–Crippen MR) is 100 cm³/mol. The molecule has 1 aliphatic rings. The van der Waals surface area contributed by atoms with Crippen molar-refractivity contribution < 1.29 is 27.1 Å². The van der Waals surface area contributed by atoms with Gasteiger partial charge in [-0.3, -0.25) is 4.79 Å². The van der Waals surface area contributed by atoms with E-state index in [0.717, 1.165) is 17.6 Å². The summed E-state index contributed by atoms with van der Waals surface area (Å²) in [6, 6.07) is 9.23. The van der Waals surface area contributed by atoms with Gasteiger partial charge >= 0.3 is 6.18 Å². The number of carbonyl (C=O) groups excluding carboxylic acids is 1. The third-order valence-corrected chi connectivity index (χ3v) is 4.87. The predicted octanol–water partition coefficient (Wildman–Crippen LogP) is 3.86. The standard InChI is InChI=1S/C20H18F3N3O3/c1-28-15-4-2-3-12-9-16(29-18(12)15)19(27)25-14-7-8-26(11-14)17-6-5-13(10-24-17)20(21,22)23/h2-6,9-10,14H,7-8,11H2,1H3,(H,25,27)/t14-/m0/s1. The Morgan fingerprint density at radius 2 is 2.14 bits per heavy atom. The fraction of sp³-hybridized carbons (Fsp3) is 0.300. The molecule has 3 aromatic rings. The number of carbonyl (C=O) groups is 1. The molecule has 1 aromatic carbocycles. The highest BCUT2D eigenvalue weighted by atomic mass is 19.4. The number of furan rings is 1. The van der Waals surface area contributed by atoms with Crippen molar-refractivity contribution in [3.63, 3.8) is 0 Å². The van der Waals surface area contributed by atoms with E-state index in [0.29, 0.717) is 36.7 Å². The number of para-hydroxylation sites is 1. The van der Waals surface area contributed by atoms with E-state index in [1.165, 1.54) is 13.2 Å². The molecule has 1 fully saturated rings. The molecule has 4 rings (SSSR count). The Morgan fingerprint density at radius 3 is 2.83 bits per heavy atom. The number of halogens is 3. The van der Waals surface area contributed by atoms with E-state index in [-0.39, 0.29) is 17.7 Å². The molecule has 2 aromatic heterocycles. The molecule has 0 bridgehead atoms. The van der Waals surface area contributed by atoms with Crippen LogP contribution in [0, 0.1) is 0 Å². The topological polar surface area (TPSA) is 67.6 Å². The Kier molecular flexibility index (Phi) is 4.81. The van der Waals surface area contributed by atoms with E-state index >= 15 is 0 Å². The molecule has 29 heavy (non-hydrogen) atoms. The number of hydrogen-bond acceptors (Lipinski definition) is 5. The Balaban J connectivity index is 1.42. The van der Waals surface area contributed by atoms with Gasteiger partial charge < -0.3 is 19.4 Å². The van der Waals surface area contributed by atoms with Gasteiger partial charge in [-0.2, -0.15) is 13.2 Å². The maximum atomic E-state index is 12.7. The quantitative estimate of drug-likeness (QED) is 0.714. The van der Waals surface area contributed by atoms with Crippen LogP contribution in [0.2, 0.25) is 0 Å². The first-order chi connectivity index (χ1) is 13.8. The van der Waals surface area contributed by atoms with Crippen molar-refractivity contribution in [3.05, 3.63) is 53.9 Å². The first-order valence-corrected chi connectivity index (χ1v) is 9.01. The second-order valence-corrected chi connectivity index (χ2v) is 6.80. The first-order valence-electron chi connectivity index (χ1n) is 9.01. The maximum absolute atomic E-state index is 12.7. The number of anilines is 1. The molecule has 9 heteroatoms. The number of fused-ring (bicyclic) bond motifs is 1. The van der Waals surface area contributed by atoms with Gasteiger partial charge in [0.2, 0.25) is 0 Å². The summed E-state index contributed by atoms with van der Waals surface area (Å²) in [6.45, 7) is 1.03. The summed E-state index contributed by atoms with van der Waals surface area (Å²) in [6.07, 6.45) is -2.94. The number of ether oxygens (including phenoxy) is 1. The number of amides is 1. The molecule has 152 valence electrons. The van der Waals surface area contributed by atoms with E-state index < -0.39 is 11.7 Å². The molecule has 1 amide bonds. The number of pyridine rings is 1. The van der Waals surface area contributed by atoms with E-state index in [2.05, 4.69) is 10.3 Å². The number of nitrogens with one attached hydrogen (secondary N) is 1. The molecule has 0 saturated carbocycles. The lowest BCUT2D eigenvalue weighted by Crippen LogP contribution is -2.37. The molecule has 1 N–H and O–H groups in total. The van der Waals surface area contributed by atoms with Crippen LogP contribution in [-0.4, -0.2) is 37.1 Å². The van der Waals surface area contributed by atoms with Crippen LogP contribution < -0.4 is 15.0 Å². The number of benzene rings is 1. The minimum atomic E-state index is -4.41. The zero-order chi connectivity index (χ0) is 20.6. The highest BCUT2D eigenvalue weighted by Gasteiger charge is 2.32. The average molecular weight is 405 g/mol. The van der Waals surface area contributed by atoms with Gasteiger partial charge in [-0.15, -0.1) is 0 Å². The third-order valence-electron chi connectivity index (χ3n) is 4.87. The number of methoxy groups -OCH3 is 1. The molecule has 6 nitrogen and oxygen atoms in total. The van der Waals surface area contributed by atoms with Crippen molar-refractivity contribution in [3.8, 4) is 5.75 Å². The van der Waals surface area contributed by atoms with Crippen LogP contribution in [0.4, 0.5) is 19.0 Å². The number of alkyl halides is 3. The number of rotatable bonds is 4. The van der Waals surface area contributed by atoms with Gasteiger partial charge in [0.1, 0.15) is 5.82 Å². The maximum Gasteiger partial charge on any atom is 0.417 e. The van der Waals surface area contributed by atoms with Crippen molar-refractivity contribution in [2.45, 2.75) is 18.6 Å². The smallest absolute Gasteiger partial charge is 0.417 e. The largest absolute Gasteiger partial charge is 0.493 e. The zero-order valence-corrected chi connectivity index (χ0v) is 15.5. The Hall–Kier alpha value is -3.23. The molecular formula is C20H18F3N3O3. The van der Waals surface area contributed by atoms with Gasteiger partial charge in [0.15, 0.2) is 17.1 Å². The van der Waals surface area contributed by atoms with E-state index in [4.69, 9.17) is 9.15 Å². The third kappa shape index (κ3) is 3.85. The van der Waals surface area contributed by atoms with Crippen LogP contribution in [0.25, 0.3) is 11.0 Å². The molecule has 0 aliphatic carbocycles. The van der Waals surface area contributed by atoms with Crippen molar-refractivity contribution in [2.75, 3.05) is 25.1 Å². The molecule has 3 heterocycles. The van der Waals surface area contributed by atoms with Gasteiger partial charge in [-0.25, -0.2) is 4.98 Å². The highest BCUT2D eigenvalue weighted by molar-refractivity contribution is 5.97. The summed E-state index contributed by atoms with van der Waals surface area (Å²) >= 11 is 0. The van der Waals surface area contributed by atoms with Crippen LogP contribution in [0.3, 0.4) is 0 Å². The van der Waals surface area contributed by atoms with Gasteiger partial charge in [-0.1, -0.05) is 12.1 Å². The van der Waals surface area contributed by atoms with Crippen molar-refractivity contribution in [2.24, 2.45) is 0 Å². The molecule has 0 radical (unpaired) electrons. The number of hydrogen-bond donors (Lipinski definition) is 1. The molecule has 1 atom stereocenters. The van der Waals surface area contributed by atoms with Crippen LogP contribution in [-0.2, 0) is 6.18 Å². The SMILES string of the molecule is COc1cccc2cc(C(=O)N[C@H]3CCN(c4ccc(C(F)(F)F)cn4)C3)oc12. The number of aromatic nitrogens is 1. The lowest BCUT2D eigenvalue weighted by molar-refractivity contribution is -0.137. The highest BCUT2D eigenvalue weighted by Crippen LogP contribution is 2.30. The van der Waals surface area contributed by atoms with Crippen molar-refractivity contribution in [1.82, 2.24) is 10.3 Å². The van der Waals surface area contributed by atoms with Crippen molar-refractivity contribution in [1.29, 1.82) is 0 Å². The van der Waals surface area contributed by atoms with Gasteiger partial charge in [0.05, 0.1) is 12.7 Å². The second kappa shape index (κ2) is 7.31. The zero-order valence-electron chi connectivity index (χ0n) is 15.5. The minimum Gasteiger partial charge on any atom is -0.493 e. The normalized spacial score (nSPS) is 17.0. The van der Waals surface area contributed by atoms with Gasteiger partial charge in [0, 0.05) is 30.7 Å². The van der Waals surface area contributed by atoms with E-state index in [1.54, 1.807) is 12.1 Å². The van der Waals surface area contributed by atoms with Crippen LogP contribution in [0.1, 0.15) is 22.5 Å². The Labute approximate surface area is 164 Å². The Morgan fingerprint density at radius 1 is 1.31 bits per heavy atom. The van der Waals surface area contributed by atoms with Gasteiger partial charge in [-0.05, 0) is 30.7 Å². The molecular weight excluding hydrogens is 387 g/mol. The van der Waals surface area contributed by atoms with Gasteiger partial charge in [0.25, 0.3) is 5.91 Å². The summed E-state index contributed by atoms with van der Waals surface area (Å²) in [4.78, 5) is 18.3. The fourth-order valence-corrected chi connectivity index (χ4v) is 3.39. The summed E-state index contributed by atoms with van der Waals surface area (Å²) in [5.41, 5.74) is -0.284. The van der Waals surface area contributed by atoms with Crippen LogP contribution >= 0.6 is 0 Å². The van der Waals surface area contributed by atoms with E-state index in [9.17, 15) is 18.0 Å². The summed E-state index contributed by atoms with van der Waals surface area (Å²) in [5, 5.41) is 3.67.